The number of aromatic nitrogens is 2. The lowest BCUT2D eigenvalue weighted by molar-refractivity contribution is 0.0732. The van der Waals surface area contributed by atoms with Crippen LogP contribution in [0.4, 0.5) is 0 Å². The monoisotopic (exact) mass is 374 g/mol. The van der Waals surface area contributed by atoms with Crippen LogP contribution in [0, 0.1) is 0 Å². The molecule has 28 heavy (non-hydrogen) atoms. The summed E-state index contributed by atoms with van der Waals surface area (Å²) in [6.45, 7) is 0.664. The Hall–Kier alpha value is -3.74. The minimum absolute atomic E-state index is 0.198. The van der Waals surface area contributed by atoms with Crippen molar-refractivity contribution >= 4 is 11.8 Å². The average molecular weight is 374 g/mol. The van der Waals surface area contributed by atoms with Crippen LogP contribution in [-0.2, 0) is 13.0 Å². The van der Waals surface area contributed by atoms with Gasteiger partial charge in [-0.2, -0.15) is 0 Å². The number of carbonyl (C=O) groups is 2. The van der Waals surface area contributed by atoms with Crippen molar-refractivity contribution in [2.45, 2.75) is 13.0 Å². The number of aromatic amines is 1. The molecule has 4 rings (SSSR count). The van der Waals surface area contributed by atoms with Crippen LogP contribution in [0.2, 0.25) is 0 Å². The number of hydrogen-bond donors (Lipinski definition) is 2. The highest BCUT2D eigenvalue weighted by Gasteiger charge is 2.25. The highest BCUT2D eigenvalue weighted by atomic mass is 16.2. The van der Waals surface area contributed by atoms with Crippen LogP contribution in [0.5, 0.6) is 0 Å². The van der Waals surface area contributed by atoms with Gasteiger partial charge in [0.05, 0.1) is 17.8 Å². The first-order chi connectivity index (χ1) is 13.5. The topological polar surface area (TPSA) is 109 Å². The smallest absolute Gasteiger partial charge is 0.256 e. The van der Waals surface area contributed by atoms with Gasteiger partial charge < -0.3 is 15.6 Å². The zero-order chi connectivity index (χ0) is 19.7. The Bertz CT molecular complexity index is 1100. The molecular formula is C21H18N4O3. The molecule has 0 fully saturated rings. The molecule has 1 aliphatic heterocycles. The first-order valence-electron chi connectivity index (χ1n) is 8.89. The number of primary amides is 1. The summed E-state index contributed by atoms with van der Waals surface area (Å²) in [5, 5.41) is 0. The normalized spacial score (nSPS) is 13.1. The summed E-state index contributed by atoms with van der Waals surface area (Å²) < 4.78 is 0. The molecule has 2 heterocycles. The summed E-state index contributed by atoms with van der Waals surface area (Å²) in [7, 11) is 0. The Morgan fingerprint density at radius 1 is 1.00 bits per heavy atom. The van der Waals surface area contributed by atoms with Crippen molar-refractivity contribution in [1.82, 2.24) is 14.9 Å². The summed E-state index contributed by atoms with van der Waals surface area (Å²) in [4.78, 5) is 45.6. The summed E-state index contributed by atoms with van der Waals surface area (Å²) in [6, 6.07) is 15.6. The third-order valence-corrected chi connectivity index (χ3v) is 4.82. The molecule has 3 N–H and O–H groups in total. The zero-order valence-electron chi connectivity index (χ0n) is 15.0. The minimum Gasteiger partial charge on any atom is -0.366 e. The lowest BCUT2D eigenvalue weighted by Crippen LogP contribution is -2.39. The highest BCUT2D eigenvalue weighted by Crippen LogP contribution is 2.20. The lowest BCUT2D eigenvalue weighted by atomic mass is 10.0. The first-order valence-corrected chi connectivity index (χ1v) is 8.89. The number of carbonyl (C=O) groups excluding carboxylic acids is 2. The van der Waals surface area contributed by atoms with Gasteiger partial charge in [-0.25, -0.2) is 4.98 Å². The SMILES string of the molecule is NC(=O)c1ccc(C(=O)N2CCc3nc(-c4ccccc4)[nH]c(=O)c3C2)cc1. The summed E-state index contributed by atoms with van der Waals surface area (Å²) >= 11 is 0. The second-order valence-electron chi connectivity index (χ2n) is 6.62. The minimum atomic E-state index is -0.544. The molecule has 0 aliphatic carbocycles. The lowest BCUT2D eigenvalue weighted by Gasteiger charge is -2.28. The van der Waals surface area contributed by atoms with E-state index >= 15 is 0 Å². The van der Waals surface area contributed by atoms with E-state index in [1.807, 2.05) is 30.3 Å². The van der Waals surface area contributed by atoms with Crippen molar-refractivity contribution in [3.8, 4) is 11.4 Å². The fourth-order valence-corrected chi connectivity index (χ4v) is 3.29. The molecule has 2 amide bonds. The Kier molecular flexibility index (Phi) is 4.49. The maximum atomic E-state index is 12.8. The van der Waals surface area contributed by atoms with Crippen molar-refractivity contribution in [1.29, 1.82) is 0 Å². The largest absolute Gasteiger partial charge is 0.366 e. The quantitative estimate of drug-likeness (QED) is 0.728. The van der Waals surface area contributed by atoms with E-state index < -0.39 is 5.91 Å². The van der Waals surface area contributed by atoms with E-state index in [2.05, 4.69) is 9.97 Å². The van der Waals surface area contributed by atoms with Gasteiger partial charge in [0.25, 0.3) is 11.5 Å². The van der Waals surface area contributed by atoms with Gasteiger partial charge in [0.15, 0.2) is 0 Å². The molecule has 0 atom stereocenters. The molecular weight excluding hydrogens is 356 g/mol. The molecule has 7 nitrogen and oxygen atoms in total. The van der Waals surface area contributed by atoms with Gasteiger partial charge >= 0.3 is 0 Å². The fraction of sp³-hybridized carbons (Fsp3) is 0.143. The van der Waals surface area contributed by atoms with Gasteiger partial charge in [-0.1, -0.05) is 30.3 Å². The molecule has 1 aliphatic rings. The number of nitrogens with zero attached hydrogens (tertiary/aromatic N) is 2. The molecule has 0 radical (unpaired) electrons. The zero-order valence-corrected chi connectivity index (χ0v) is 15.0. The summed E-state index contributed by atoms with van der Waals surface area (Å²) in [5.41, 5.74) is 7.85. The number of amides is 2. The molecule has 7 heteroatoms. The number of nitrogens with two attached hydrogens (primary N) is 1. The van der Waals surface area contributed by atoms with Crippen molar-refractivity contribution in [2.24, 2.45) is 5.73 Å². The van der Waals surface area contributed by atoms with E-state index in [0.717, 1.165) is 11.3 Å². The standard InChI is InChI=1S/C21H18N4O3/c22-18(26)13-6-8-15(9-7-13)21(28)25-11-10-17-16(12-25)20(27)24-19(23-17)14-4-2-1-3-5-14/h1-9H,10-12H2,(H2,22,26)(H,23,24,27). The number of nitrogens with one attached hydrogen (secondary N) is 1. The highest BCUT2D eigenvalue weighted by molar-refractivity contribution is 5.97. The van der Waals surface area contributed by atoms with Crippen LogP contribution in [0.25, 0.3) is 11.4 Å². The number of rotatable bonds is 3. The predicted molar refractivity (Wildman–Crippen MR) is 104 cm³/mol. The van der Waals surface area contributed by atoms with Crippen LogP contribution in [0.1, 0.15) is 32.0 Å². The third kappa shape index (κ3) is 3.29. The Labute approximate surface area is 160 Å². The predicted octanol–water partition coefficient (Wildman–Crippen LogP) is 1.73. The molecule has 2 aromatic carbocycles. The van der Waals surface area contributed by atoms with Gasteiger partial charge in [0.2, 0.25) is 5.91 Å². The Morgan fingerprint density at radius 2 is 1.68 bits per heavy atom. The van der Waals surface area contributed by atoms with Crippen molar-refractivity contribution in [2.75, 3.05) is 6.54 Å². The second-order valence-corrected chi connectivity index (χ2v) is 6.62. The molecule has 0 bridgehead atoms. The van der Waals surface area contributed by atoms with Crippen LogP contribution in [0.15, 0.2) is 59.4 Å². The van der Waals surface area contributed by atoms with E-state index in [1.54, 1.807) is 17.0 Å². The number of hydrogen-bond acceptors (Lipinski definition) is 4. The van der Waals surface area contributed by atoms with Gasteiger partial charge in [-0.05, 0) is 24.3 Å². The third-order valence-electron chi connectivity index (χ3n) is 4.82. The van der Waals surface area contributed by atoms with Crippen molar-refractivity contribution < 1.29 is 9.59 Å². The van der Waals surface area contributed by atoms with Crippen LogP contribution in [-0.4, -0.2) is 33.2 Å². The van der Waals surface area contributed by atoms with Gasteiger partial charge in [0, 0.05) is 29.7 Å². The maximum Gasteiger partial charge on any atom is 0.256 e. The van der Waals surface area contributed by atoms with E-state index in [9.17, 15) is 14.4 Å². The summed E-state index contributed by atoms with van der Waals surface area (Å²) in [6.07, 6.45) is 0.504. The molecule has 0 unspecified atom stereocenters. The Morgan fingerprint density at radius 3 is 2.36 bits per heavy atom. The number of fused-ring (bicyclic) bond motifs is 1. The van der Waals surface area contributed by atoms with E-state index in [0.29, 0.717) is 35.5 Å². The molecule has 0 saturated heterocycles. The molecule has 0 saturated carbocycles. The Balaban J connectivity index is 1.59. The second kappa shape index (κ2) is 7.11. The van der Waals surface area contributed by atoms with Crippen molar-refractivity contribution in [3.63, 3.8) is 0 Å². The maximum absolute atomic E-state index is 12.8. The molecule has 0 spiro atoms. The number of H-pyrrole nitrogens is 1. The average Bonchev–Trinajstić information content (AvgIpc) is 2.73. The van der Waals surface area contributed by atoms with Crippen LogP contribution in [0.3, 0.4) is 0 Å². The van der Waals surface area contributed by atoms with Crippen LogP contribution < -0.4 is 11.3 Å². The van der Waals surface area contributed by atoms with Gasteiger partial charge in [-0.15, -0.1) is 0 Å². The van der Waals surface area contributed by atoms with Crippen molar-refractivity contribution in [3.05, 3.63) is 87.3 Å². The summed E-state index contributed by atoms with van der Waals surface area (Å²) in [5.74, 6) is -0.211. The fourth-order valence-electron chi connectivity index (χ4n) is 3.29. The number of benzene rings is 2. The van der Waals surface area contributed by atoms with E-state index in [4.69, 9.17) is 5.73 Å². The van der Waals surface area contributed by atoms with E-state index in [-0.39, 0.29) is 18.0 Å². The molecule has 3 aromatic rings. The van der Waals surface area contributed by atoms with Crippen LogP contribution >= 0.6 is 0 Å². The first kappa shape index (κ1) is 17.7. The van der Waals surface area contributed by atoms with E-state index in [1.165, 1.54) is 12.1 Å². The van der Waals surface area contributed by atoms with Gasteiger partial charge in [-0.3, -0.25) is 14.4 Å². The molecule has 1 aromatic heterocycles. The molecule has 140 valence electrons. The van der Waals surface area contributed by atoms with Gasteiger partial charge in [0.1, 0.15) is 5.82 Å².